The van der Waals surface area contributed by atoms with Crippen molar-refractivity contribution in [1.82, 2.24) is 15.5 Å². The number of aliphatic imine (C=N–C) groups is 1. The van der Waals surface area contributed by atoms with Gasteiger partial charge in [-0.05, 0) is 44.1 Å². The van der Waals surface area contributed by atoms with Crippen LogP contribution in [-0.4, -0.2) is 44.6 Å². The van der Waals surface area contributed by atoms with Crippen LogP contribution in [0.25, 0.3) is 0 Å². The van der Waals surface area contributed by atoms with Crippen LogP contribution < -0.4 is 10.6 Å². The fourth-order valence-corrected chi connectivity index (χ4v) is 2.34. The Morgan fingerprint density at radius 3 is 2.36 bits per heavy atom. The minimum atomic E-state index is -0.219. The monoisotopic (exact) mass is 308 g/mol. The Labute approximate surface area is 133 Å². The van der Waals surface area contributed by atoms with E-state index in [1.54, 1.807) is 12.1 Å². The molecule has 0 heterocycles. The van der Waals surface area contributed by atoms with E-state index < -0.39 is 0 Å². The van der Waals surface area contributed by atoms with Crippen LogP contribution >= 0.6 is 0 Å². The van der Waals surface area contributed by atoms with Gasteiger partial charge in [0, 0.05) is 19.6 Å². The zero-order valence-corrected chi connectivity index (χ0v) is 14.4. The van der Waals surface area contributed by atoms with Crippen LogP contribution in [0, 0.1) is 11.2 Å². The number of nitrogens with one attached hydrogen (secondary N) is 2. The molecule has 0 aliphatic carbocycles. The van der Waals surface area contributed by atoms with E-state index in [-0.39, 0.29) is 11.2 Å². The van der Waals surface area contributed by atoms with Gasteiger partial charge in [0.2, 0.25) is 0 Å². The van der Waals surface area contributed by atoms with Gasteiger partial charge >= 0.3 is 0 Å². The van der Waals surface area contributed by atoms with Crippen LogP contribution in [0.3, 0.4) is 0 Å². The second-order valence-corrected chi connectivity index (χ2v) is 6.58. The summed E-state index contributed by atoms with van der Waals surface area (Å²) in [5, 5.41) is 6.63. The van der Waals surface area contributed by atoms with Crippen LogP contribution in [0.2, 0.25) is 0 Å². The molecule has 0 aliphatic rings. The number of rotatable bonds is 7. The second-order valence-electron chi connectivity index (χ2n) is 6.58. The number of benzene rings is 1. The van der Waals surface area contributed by atoms with Crippen molar-refractivity contribution in [3.8, 4) is 0 Å². The van der Waals surface area contributed by atoms with Crippen LogP contribution in [0.15, 0.2) is 29.3 Å². The fourth-order valence-electron chi connectivity index (χ4n) is 2.34. The maximum atomic E-state index is 12.9. The molecule has 0 saturated heterocycles. The number of hydrogen-bond acceptors (Lipinski definition) is 2. The van der Waals surface area contributed by atoms with E-state index in [2.05, 4.69) is 48.5 Å². The van der Waals surface area contributed by atoms with Crippen molar-refractivity contribution in [2.24, 2.45) is 10.4 Å². The molecule has 0 unspecified atom stereocenters. The summed E-state index contributed by atoms with van der Waals surface area (Å²) in [6, 6.07) is 6.45. The van der Waals surface area contributed by atoms with Gasteiger partial charge in [-0.2, -0.15) is 0 Å². The Morgan fingerprint density at radius 2 is 1.82 bits per heavy atom. The first kappa shape index (κ1) is 18.4. The lowest BCUT2D eigenvalue weighted by Crippen LogP contribution is -2.44. The van der Waals surface area contributed by atoms with Gasteiger partial charge in [0.25, 0.3) is 0 Å². The molecule has 0 radical (unpaired) electrons. The van der Waals surface area contributed by atoms with Gasteiger partial charge in [-0.15, -0.1) is 0 Å². The molecule has 0 aromatic heterocycles. The number of hydrogen-bond donors (Lipinski definition) is 2. The molecule has 0 saturated carbocycles. The molecule has 1 aromatic carbocycles. The van der Waals surface area contributed by atoms with Crippen molar-refractivity contribution in [1.29, 1.82) is 0 Å². The lowest BCUT2D eigenvalue weighted by molar-refractivity contribution is 0.241. The molecule has 1 rings (SSSR count). The molecule has 0 bridgehead atoms. The molecule has 0 fully saturated rings. The Kier molecular flexibility index (Phi) is 7.32. The number of nitrogens with zero attached hydrogens (tertiary/aromatic N) is 2. The number of guanidine groups is 1. The zero-order valence-electron chi connectivity index (χ0n) is 14.4. The minimum Gasteiger partial charge on any atom is -0.357 e. The van der Waals surface area contributed by atoms with E-state index in [0.29, 0.717) is 6.54 Å². The quantitative estimate of drug-likeness (QED) is 0.600. The highest BCUT2D eigenvalue weighted by Crippen LogP contribution is 2.14. The SMILES string of the molecule is CCNC(=NCc1ccc(F)cc1)NCC(C)(C)CN(C)C. The third-order valence-electron chi connectivity index (χ3n) is 3.16. The first-order valence-corrected chi connectivity index (χ1v) is 7.74. The van der Waals surface area contributed by atoms with Gasteiger partial charge < -0.3 is 15.5 Å². The van der Waals surface area contributed by atoms with Crippen LogP contribution in [0.1, 0.15) is 26.3 Å². The highest BCUT2D eigenvalue weighted by Gasteiger charge is 2.19. The van der Waals surface area contributed by atoms with Crippen molar-refractivity contribution >= 4 is 5.96 Å². The fraction of sp³-hybridized carbons (Fsp3) is 0.588. The van der Waals surface area contributed by atoms with E-state index in [1.165, 1.54) is 12.1 Å². The lowest BCUT2D eigenvalue weighted by atomic mass is 9.93. The van der Waals surface area contributed by atoms with Crippen molar-refractivity contribution in [3.63, 3.8) is 0 Å². The smallest absolute Gasteiger partial charge is 0.191 e. The summed E-state index contributed by atoms with van der Waals surface area (Å²) in [5.41, 5.74) is 1.14. The lowest BCUT2D eigenvalue weighted by Gasteiger charge is -2.29. The average molecular weight is 308 g/mol. The summed E-state index contributed by atoms with van der Waals surface area (Å²) >= 11 is 0. The molecular formula is C17H29FN4. The second kappa shape index (κ2) is 8.73. The Morgan fingerprint density at radius 1 is 1.18 bits per heavy atom. The molecule has 0 spiro atoms. The summed E-state index contributed by atoms with van der Waals surface area (Å²) < 4.78 is 12.9. The zero-order chi connectivity index (χ0) is 16.6. The van der Waals surface area contributed by atoms with Gasteiger partial charge in [0.05, 0.1) is 6.54 Å². The summed E-state index contributed by atoms with van der Waals surface area (Å²) in [7, 11) is 4.16. The van der Waals surface area contributed by atoms with E-state index >= 15 is 0 Å². The predicted octanol–water partition coefficient (Wildman–Crippen LogP) is 2.47. The van der Waals surface area contributed by atoms with Gasteiger partial charge in [-0.1, -0.05) is 26.0 Å². The third-order valence-corrected chi connectivity index (χ3v) is 3.16. The predicted molar refractivity (Wildman–Crippen MR) is 91.6 cm³/mol. The van der Waals surface area contributed by atoms with Gasteiger partial charge in [0.15, 0.2) is 5.96 Å². The molecule has 5 heteroatoms. The summed E-state index contributed by atoms with van der Waals surface area (Å²) in [4.78, 5) is 6.74. The van der Waals surface area contributed by atoms with Crippen molar-refractivity contribution < 1.29 is 4.39 Å². The molecule has 22 heavy (non-hydrogen) atoms. The third kappa shape index (κ3) is 7.41. The Bertz CT molecular complexity index is 466. The molecule has 0 amide bonds. The van der Waals surface area contributed by atoms with Crippen LogP contribution in [-0.2, 0) is 6.54 Å². The maximum absolute atomic E-state index is 12.9. The van der Waals surface area contributed by atoms with E-state index in [1.807, 2.05) is 6.92 Å². The normalized spacial score (nSPS) is 12.6. The maximum Gasteiger partial charge on any atom is 0.191 e. The first-order valence-electron chi connectivity index (χ1n) is 7.74. The molecule has 0 atom stereocenters. The van der Waals surface area contributed by atoms with Crippen molar-refractivity contribution in [2.75, 3.05) is 33.7 Å². The summed E-state index contributed by atoms with van der Waals surface area (Å²) in [6.07, 6.45) is 0. The average Bonchev–Trinajstić information content (AvgIpc) is 2.42. The molecular weight excluding hydrogens is 279 g/mol. The van der Waals surface area contributed by atoms with E-state index in [4.69, 9.17) is 0 Å². The minimum absolute atomic E-state index is 0.148. The molecule has 0 aliphatic heterocycles. The van der Waals surface area contributed by atoms with Gasteiger partial charge in [-0.25, -0.2) is 9.38 Å². The van der Waals surface area contributed by atoms with Crippen LogP contribution in [0.5, 0.6) is 0 Å². The largest absolute Gasteiger partial charge is 0.357 e. The van der Waals surface area contributed by atoms with E-state index in [0.717, 1.165) is 31.2 Å². The van der Waals surface area contributed by atoms with Crippen LogP contribution in [0.4, 0.5) is 4.39 Å². The van der Waals surface area contributed by atoms with E-state index in [9.17, 15) is 4.39 Å². The molecule has 2 N–H and O–H groups in total. The van der Waals surface area contributed by atoms with Gasteiger partial charge in [0.1, 0.15) is 5.82 Å². The highest BCUT2D eigenvalue weighted by molar-refractivity contribution is 5.79. The Balaban J connectivity index is 2.60. The molecule has 4 nitrogen and oxygen atoms in total. The standard InChI is InChI=1S/C17H29FN4/c1-6-19-16(21-12-17(2,3)13-22(4)5)20-11-14-7-9-15(18)10-8-14/h7-10H,6,11-13H2,1-5H3,(H2,19,20,21). The molecule has 124 valence electrons. The number of halogens is 1. The summed E-state index contributed by atoms with van der Waals surface area (Å²) in [6.45, 7) is 9.66. The van der Waals surface area contributed by atoms with Gasteiger partial charge in [-0.3, -0.25) is 0 Å². The first-order chi connectivity index (χ1) is 10.3. The topological polar surface area (TPSA) is 39.7 Å². The summed E-state index contributed by atoms with van der Waals surface area (Å²) in [5.74, 6) is 0.571. The molecule has 1 aromatic rings. The Hall–Kier alpha value is -1.62. The highest BCUT2D eigenvalue weighted by atomic mass is 19.1. The van der Waals surface area contributed by atoms with Crippen molar-refractivity contribution in [3.05, 3.63) is 35.6 Å². The van der Waals surface area contributed by atoms with Crippen molar-refractivity contribution in [2.45, 2.75) is 27.3 Å².